The predicted octanol–water partition coefficient (Wildman–Crippen LogP) is 0.893. The summed E-state index contributed by atoms with van der Waals surface area (Å²) in [6.45, 7) is -0.0685. The molecule has 6 nitrogen and oxygen atoms in total. The molecule has 0 bridgehead atoms. The molecule has 7 heteroatoms. The van der Waals surface area contributed by atoms with Crippen LogP contribution < -0.4 is 5.73 Å². The summed E-state index contributed by atoms with van der Waals surface area (Å²) in [4.78, 5) is 11.6. The number of carbonyl (C=O) groups excluding carboxylic acids is 1. The van der Waals surface area contributed by atoms with Gasteiger partial charge >= 0.3 is 5.97 Å². The van der Waals surface area contributed by atoms with Crippen molar-refractivity contribution in [1.29, 1.82) is 0 Å². The van der Waals surface area contributed by atoms with E-state index >= 15 is 0 Å². The number of aromatic nitrogens is 3. The average Bonchev–Trinajstić information content (AvgIpc) is 2.75. The van der Waals surface area contributed by atoms with Gasteiger partial charge in [-0.25, -0.2) is 9.18 Å². The largest absolute Gasteiger partial charge is 0.455 e. The molecule has 0 saturated carbocycles. The molecule has 0 radical (unpaired) electrons. The third kappa shape index (κ3) is 2.62. The third-order valence-corrected chi connectivity index (χ3v) is 2.21. The maximum Gasteiger partial charge on any atom is 0.341 e. The minimum absolute atomic E-state index is 0.0685. The highest BCUT2D eigenvalue weighted by Crippen LogP contribution is 2.13. The van der Waals surface area contributed by atoms with E-state index in [9.17, 15) is 9.18 Å². The zero-order valence-corrected chi connectivity index (χ0v) is 9.63. The van der Waals surface area contributed by atoms with Crippen molar-refractivity contribution in [3.8, 4) is 0 Å². The van der Waals surface area contributed by atoms with Crippen LogP contribution in [-0.2, 0) is 18.4 Å². The zero-order chi connectivity index (χ0) is 13.1. The van der Waals surface area contributed by atoms with Crippen LogP contribution in [0.5, 0.6) is 0 Å². The number of nitrogen functional groups attached to an aromatic ring is 1. The molecular weight excluding hydrogens is 239 g/mol. The van der Waals surface area contributed by atoms with Gasteiger partial charge in [-0.1, -0.05) is 5.21 Å². The van der Waals surface area contributed by atoms with E-state index in [1.165, 1.54) is 16.8 Å². The van der Waals surface area contributed by atoms with Crippen LogP contribution in [0.15, 0.2) is 24.4 Å². The van der Waals surface area contributed by atoms with Crippen molar-refractivity contribution in [3.05, 3.63) is 41.5 Å². The van der Waals surface area contributed by atoms with E-state index in [0.29, 0.717) is 11.4 Å². The van der Waals surface area contributed by atoms with Crippen LogP contribution in [0.25, 0.3) is 0 Å². The van der Waals surface area contributed by atoms with Crippen LogP contribution in [0.3, 0.4) is 0 Å². The molecule has 1 heterocycles. The van der Waals surface area contributed by atoms with Crippen LogP contribution in [0.2, 0.25) is 0 Å². The number of rotatable bonds is 3. The van der Waals surface area contributed by atoms with Crippen LogP contribution in [0.4, 0.5) is 10.1 Å². The van der Waals surface area contributed by atoms with Crippen LogP contribution in [-0.4, -0.2) is 21.0 Å². The topological polar surface area (TPSA) is 83.0 Å². The fourth-order valence-corrected chi connectivity index (χ4v) is 1.38. The molecule has 1 aromatic heterocycles. The van der Waals surface area contributed by atoms with Crippen LogP contribution in [0.1, 0.15) is 16.1 Å². The highest BCUT2D eigenvalue weighted by atomic mass is 19.1. The second-order valence-corrected chi connectivity index (χ2v) is 3.70. The number of ether oxygens (including phenoxy) is 1. The Morgan fingerprint density at radius 2 is 2.33 bits per heavy atom. The van der Waals surface area contributed by atoms with E-state index in [-0.39, 0.29) is 12.2 Å². The van der Waals surface area contributed by atoms with E-state index < -0.39 is 11.8 Å². The fraction of sp³-hybridized carbons (Fsp3) is 0.182. The molecular formula is C11H11FN4O2. The molecule has 0 atom stereocenters. The van der Waals surface area contributed by atoms with Gasteiger partial charge < -0.3 is 10.5 Å². The molecule has 0 fully saturated rings. The Labute approximate surface area is 102 Å². The number of hydrogen-bond donors (Lipinski definition) is 1. The summed E-state index contributed by atoms with van der Waals surface area (Å²) >= 11 is 0. The molecule has 94 valence electrons. The number of carbonyl (C=O) groups is 1. The van der Waals surface area contributed by atoms with Crippen molar-refractivity contribution in [3.63, 3.8) is 0 Å². The van der Waals surface area contributed by atoms with Crippen LogP contribution in [0, 0.1) is 5.82 Å². The van der Waals surface area contributed by atoms with E-state index in [1.54, 1.807) is 13.2 Å². The summed E-state index contributed by atoms with van der Waals surface area (Å²) in [7, 11) is 1.69. The van der Waals surface area contributed by atoms with Gasteiger partial charge in [0.25, 0.3) is 0 Å². The molecule has 0 unspecified atom stereocenters. The first-order valence-electron chi connectivity index (χ1n) is 5.13. The normalized spacial score (nSPS) is 10.3. The van der Waals surface area contributed by atoms with Gasteiger partial charge in [-0.2, -0.15) is 0 Å². The zero-order valence-electron chi connectivity index (χ0n) is 9.63. The summed E-state index contributed by atoms with van der Waals surface area (Å²) in [6, 6.07) is 3.72. The molecule has 2 N–H and O–H groups in total. The molecule has 0 spiro atoms. The Bertz CT molecular complexity index is 582. The maximum atomic E-state index is 13.4. The van der Waals surface area contributed by atoms with E-state index in [0.717, 1.165) is 6.07 Å². The monoisotopic (exact) mass is 250 g/mol. The molecule has 0 saturated heterocycles. The number of halogens is 1. The van der Waals surface area contributed by atoms with Gasteiger partial charge in [0.1, 0.15) is 18.1 Å². The second kappa shape index (κ2) is 4.82. The van der Waals surface area contributed by atoms with Gasteiger partial charge in [-0.3, -0.25) is 4.68 Å². The number of anilines is 1. The minimum atomic E-state index is -0.787. The number of esters is 1. The Morgan fingerprint density at radius 3 is 3.00 bits per heavy atom. The highest BCUT2D eigenvalue weighted by Gasteiger charge is 2.14. The first-order valence-corrected chi connectivity index (χ1v) is 5.13. The van der Waals surface area contributed by atoms with Gasteiger partial charge in [0.05, 0.1) is 11.8 Å². The standard InChI is InChI=1S/C11H11FN4O2/c1-16-5-8(14-15-16)6-18-11(17)9-4-7(13)2-3-10(9)12/h2-5H,6,13H2,1H3. The molecule has 0 amide bonds. The Morgan fingerprint density at radius 1 is 1.56 bits per heavy atom. The van der Waals surface area contributed by atoms with Crippen molar-refractivity contribution < 1.29 is 13.9 Å². The first kappa shape index (κ1) is 12.0. The van der Waals surface area contributed by atoms with E-state index in [2.05, 4.69) is 10.3 Å². The SMILES string of the molecule is Cn1cc(COC(=O)c2cc(N)ccc2F)nn1. The lowest BCUT2D eigenvalue weighted by atomic mass is 10.2. The van der Waals surface area contributed by atoms with Crippen molar-refractivity contribution in [2.45, 2.75) is 6.61 Å². The summed E-state index contributed by atoms with van der Waals surface area (Å²) in [5.41, 5.74) is 6.06. The number of nitrogens with two attached hydrogens (primary N) is 1. The smallest absolute Gasteiger partial charge is 0.341 e. The lowest BCUT2D eigenvalue weighted by Crippen LogP contribution is -2.08. The second-order valence-electron chi connectivity index (χ2n) is 3.70. The quantitative estimate of drug-likeness (QED) is 0.646. The Kier molecular flexibility index (Phi) is 3.22. The van der Waals surface area contributed by atoms with Crippen molar-refractivity contribution in [2.24, 2.45) is 7.05 Å². The average molecular weight is 250 g/mol. The molecule has 0 aliphatic heterocycles. The maximum absolute atomic E-state index is 13.4. The van der Waals surface area contributed by atoms with Crippen molar-refractivity contribution >= 4 is 11.7 Å². The van der Waals surface area contributed by atoms with Crippen molar-refractivity contribution in [2.75, 3.05) is 5.73 Å². The molecule has 18 heavy (non-hydrogen) atoms. The third-order valence-electron chi connectivity index (χ3n) is 2.21. The van der Waals surface area contributed by atoms with E-state index in [4.69, 9.17) is 10.5 Å². The van der Waals surface area contributed by atoms with Crippen molar-refractivity contribution in [1.82, 2.24) is 15.0 Å². The lowest BCUT2D eigenvalue weighted by Gasteiger charge is -2.04. The fourth-order valence-electron chi connectivity index (χ4n) is 1.38. The molecule has 0 aliphatic carbocycles. The van der Waals surface area contributed by atoms with Gasteiger partial charge in [-0.15, -0.1) is 5.10 Å². The van der Waals surface area contributed by atoms with Gasteiger partial charge in [0.15, 0.2) is 0 Å². The van der Waals surface area contributed by atoms with Crippen LogP contribution >= 0.6 is 0 Å². The predicted molar refractivity (Wildman–Crippen MR) is 60.9 cm³/mol. The minimum Gasteiger partial charge on any atom is -0.455 e. The molecule has 2 aromatic rings. The first-order chi connectivity index (χ1) is 8.56. The van der Waals surface area contributed by atoms with Gasteiger partial charge in [-0.05, 0) is 18.2 Å². The summed E-state index contributed by atoms with van der Waals surface area (Å²) < 4.78 is 19.8. The Hall–Kier alpha value is -2.44. The van der Waals surface area contributed by atoms with E-state index in [1.807, 2.05) is 0 Å². The number of nitrogens with zero attached hydrogens (tertiary/aromatic N) is 3. The highest BCUT2D eigenvalue weighted by molar-refractivity contribution is 5.90. The van der Waals surface area contributed by atoms with Gasteiger partial charge in [0.2, 0.25) is 0 Å². The summed E-state index contributed by atoms with van der Waals surface area (Å²) in [6.07, 6.45) is 1.60. The number of benzene rings is 1. The van der Waals surface area contributed by atoms with Gasteiger partial charge in [0, 0.05) is 12.7 Å². The number of aryl methyl sites for hydroxylation is 1. The molecule has 0 aliphatic rings. The summed E-state index contributed by atoms with van der Waals surface area (Å²) in [5.74, 6) is -1.46. The lowest BCUT2D eigenvalue weighted by molar-refractivity contribution is 0.0462. The molecule has 2 rings (SSSR count). The number of hydrogen-bond acceptors (Lipinski definition) is 5. The molecule has 1 aromatic carbocycles. The Balaban J connectivity index is 2.05. The summed E-state index contributed by atoms with van der Waals surface area (Å²) in [5, 5.41) is 7.42.